The summed E-state index contributed by atoms with van der Waals surface area (Å²) in [5, 5.41) is 0. The van der Waals surface area contributed by atoms with Gasteiger partial charge in [-0.05, 0) is 53.8 Å². The van der Waals surface area contributed by atoms with E-state index in [-0.39, 0.29) is 36.9 Å². The molecule has 1 fully saturated rings. The molecule has 0 amide bonds. The molecule has 0 N–H and O–H groups in total. The molecule has 0 spiro atoms. The number of hydrogen-bond donors (Lipinski definition) is 0. The van der Waals surface area contributed by atoms with E-state index in [0.717, 1.165) is 11.8 Å². The number of carbonyl (C=O) groups excluding carboxylic acids is 1. The van der Waals surface area contributed by atoms with Crippen LogP contribution in [0.15, 0.2) is 77.7 Å². The van der Waals surface area contributed by atoms with Gasteiger partial charge in [-0.25, -0.2) is 17.6 Å². The van der Waals surface area contributed by atoms with Crippen molar-refractivity contribution in [2.24, 2.45) is 5.92 Å². The summed E-state index contributed by atoms with van der Waals surface area (Å²) in [6.07, 6.45) is -4.69. The van der Waals surface area contributed by atoms with Crippen molar-refractivity contribution in [1.29, 1.82) is 0 Å². The largest absolute Gasteiger partial charge is 0.493 e. The molecule has 39 heavy (non-hydrogen) atoms. The van der Waals surface area contributed by atoms with Crippen LogP contribution in [0, 0.1) is 11.7 Å². The zero-order valence-corrected chi connectivity index (χ0v) is 21.8. The lowest BCUT2D eigenvalue weighted by Gasteiger charge is -2.38. The first-order valence-electron chi connectivity index (χ1n) is 12.2. The highest BCUT2D eigenvalue weighted by Gasteiger charge is 2.44. The normalized spacial score (nSPS) is 18.5. The van der Waals surface area contributed by atoms with E-state index in [2.05, 4.69) is 0 Å². The molecule has 1 aliphatic rings. The van der Waals surface area contributed by atoms with Gasteiger partial charge in [0, 0.05) is 31.3 Å². The number of carbonyl (C=O) groups is 1. The van der Waals surface area contributed by atoms with E-state index >= 15 is 0 Å². The van der Waals surface area contributed by atoms with Crippen molar-refractivity contribution in [3.63, 3.8) is 0 Å². The smallest absolute Gasteiger partial charge is 0.490 e. The number of benzene rings is 3. The van der Waals surface area contributed by atoms with Crippen LogP contribution in [-0.4, -0.2) is 51.1 Å². The molecule has 1 saturated heterocycles. The predicted molar refractivity (Wildman–Crippen MR) is 136 cm³/mol. The molecule has 0 aromatic heterocycles. The molecule has 3 aromatic rings. The molecule has 11 heteroatoms. The molecule has 208 valence electrons. The Morgan fingerprint density at radius 3 is 2.44 bits per heavy atom. The van der Waals surface area contributed by atoms with E-state index in [0.29, 0.717) is 23.3 Å². The second kappa shape index (κ2) is 11.7. The van der Waals surface area contributed by atoms with Crippen LogP contribution in [0.4, 0.5) is 17.6 Å². The van der Waals surface area contributed by atoms with Gasteiger partial charge in [0.2, 0.25) is 0 Å². The number of piperidine rings is 1. The number of halogens is 4. The van der Waals surface area contributed by atoms with Gasteiger partial charge in [0.25, 0.3) is 0 Å². The minimum atomic E-state index is -5.16. The second-order valence-corrected chi connectivity index (χ2v) is 11.4. The van der Waals surface area contributed by atoms with Crippen molar-refractivity contribution in [3.05, 3.63) is 84.2 Å². The van der Waals surface area contributed by atoms with Gasteiger partial charge in [-0.1, -0.05) is 42.5 Å². The fourth-order valence-electron chi connectivity index (χ4n) is 4.53. The molecular weight excluding hydrogens is 538 g/mol. The van der Waals surface area contributed by atoms with Gasteiger partial charge in [0.15, 0.2) is 16.1 Å². The molecule has 2 unspecified atom stereocenters. The topological polar surface area (TPSA) is 72.9 Å². The average Bonchev–Trinajstić information content (AvgIpc) is 2.88. The third-order valence-corrected chi connectivity index (χ3v) is 7.58. The van der Waals surface area contributed by atoms with Gasteiger partial charge < -0.3 is 9.47 Å². The summed E-state index contributed by atoms with van der Waals surface area (Å²) in [5.41, 5.74) is 1.78. The van der Waals surface area contributed by atoms with Gasteiger partial charge in [0.1, 0.15) is 11.6 Å². The number of sulfone groups is 1. The Labute approximate surface area is 224 Å². The number of ether oxygens (including phenoxy) is 2. The predicted octanol–water partition coefficient (Wildman–Crippen LogP) is 5.62. The van der Waals surface area contributed by atoms with Crippen LogP contribution in [0.3, 0.4) is 0 Å². The lowest BCUT2D eigenvalue weighted by Crippen LogP contribution is -2.47. The van der Waals surface area contributed by atoms with E-state index in [1.54, 1.807) is 47.4 Å². The van der Waals surface area contributed by atoms with Gasteiger partial charge in [0.05, 0.1) is 11.5 Å². The summed E-state index contributed by atoms with van der Waals surface area (Å²) < 4.78 is 88.1. The van der Waals surface area contributed by atoms with Crippen molar-refractivity contribution in [2.45, 2.75) is 36.7 Å². The first-order valence-corrected chi connectivity index (χ1v) is 14.1. The molecule has 1 heterocycles. The molecule has 2 atom stereocenters. The number of alkyl halides is 3. The second-order valence-electron chi connectivity index (χ2n) is 9.46. The maximum atomic E-state index is 13.6. The molecule has 0 bridgehead atoms. The highest BCUT2D eigenvalue weighted by molar-refractivity contribution is 7.90. The number of nitrogens with zero attached hydrogens (tertiary/aromatic N) is 1. The molecule has 6 nitrogen and oxygen atoms in total. The van der Waals surface area contributed by atoms with Crippen LogP contribution in [0.5, 0.6) is 5.75 Å². The van der Waals surface area contributed by atoms with Crippen molar-refractivity contribution in [3.8, 4) is 16.9 Å². The van der Waals surface area contributed by atoms with E-state index < -0.39 is 34.0 Å². The van der Waals surface area contributed by atoms with E-state index in [9.17, 15) is 30.8 Å². The van der Waals surface area contributed by atoms with Crippen LogP contribution in [0.1, 0.15) is 18.4 Å². The standard InChI is InChI=1S/C28H27F4NO5S/c1-39(35,36)25-16-23(10-11-24(25)21-7-3-2-4-8-21)37-18-20-12-13-33(17-19-6-5-9-22(29)14-19)26(15-20)38-27(34)28(30,31)32/h2-11,14,16,20,26H,12-13,15,17-18H2,1H3. The highest BCUT2D eigenvalue weighted by atomic mass is 32.2. The van der Waals surface area contributed by atoms with Crippen LogP contribution in [0.25, 0.3) is 11.1 Å². The van der Waals surface area contributed by atoms with E-state index in [1.165, 1.54) is 24.3 Å². The Balaban J connectivity index is 1.48. The zero-order valence-electron chi connectivity index (χ0n) is 21.0. The monoisotopic (exact) mass is 565 g/mol. The fraction of sp³-hybridized carbons (Fsp3) is 0.321. The number of rotatable bonds is 8. The third kappa shape index (κ3) is 7.57. The van der Waals surface area contributed by atoms with Crippen molar-refractivity contribution < 1.29 is 40.2 Å². The lowest BCUT2D eigenvalue weighted by atomic mass is 9.95. The van der Waals surface area contributed by atoms with Crippen molar-refractivity contribution >= 4 is 15.8 Å². The summed E-state index contributed by atoms with van der Waals surface area (Å²) >= 11 is 0. The van der Waals surface area contributed by atoms with Gasteiger partial charge in [-0.3, -0.25) is 4.90 Å². The Bertz CT molecular complexity index is 1410. The maximum Gasteiger partial charge on any atom is 0.490 e. The van der Waals surface area contributed by atoms with E-state index in [4.69, 9.17) is 9.47 Å². The SMILES string of the molecule is CS(=O)(=O)c1cc(OCC2CCN(Cc3cccc(F)c3)C(OC(=O)C(F)(F)F)C2)ccc1-c1ccccc1. The Morgan fingerprint density at radius 2 is 1.77 bits per heavy atom. The average molecular weight is 566 g/mol. The van der Waals surface area contributed by atoms with E-state index in [1.807, 2.05) is 6.07 Å². The Morgan fingerprint density at radius 1 is 1.03 bits per heavy atom. The summed E-state index contributed by atoms with van der Waals surface area (Å²) in [4.78, 5) is 13.3. The summed E-state index contributed by atoms with van der Waals surface area (Å²) in [5.74, 6) is -2.77. The van der Waals surface area contributed by atoms with Gasteiger partial charge >= 0.3 is 12.1 Å². The number of hydrogen-bond acceptors (Lipinski definition) is 6. The van der Waals surface area contributed by atoms with Gasteiger partial charge in [-0.2, -0.15) is 13.2 Å². The molecule has 0 aliphatic carbocycles. The number of likely N-dealkylation sites (tertiary alicyclic amines) is 1. The maximum absolute atomic E-state index is 13.6. The molecule has 0 saturated carbocycles. The minimum Gasteiger partial charge on any atom is -0.493 e. The van der Waals surface area contributed by atoms with Crippen LogP contribution >= 0.6 is 0 Å². The van der Waals surface area contributed by atoms with Crippen LogP contribution in [0.2, 0.25) is 0 Å². The minimum absolute atomic E-state index is 0.0537. The highest BCUT2D eigenvalue weighted by Crippen LogP contribution is 2.32. The molecule has 3 aromatic carbocycles. The fourth-order valence-corrected chi connectivity index (χ4v) is 5.44. The molecule has 4 rings (SSSR count). The summed E-state index contributed by atoms with van der Waals surface area (Å²) in [6.45, 7) is 0.448. The summed E-state index contributed by atoms with van der Waals surface area (Å²) in [6, 6.07) is 19.4. The van der Waals surface area contributed by atoms with Gasteiger partial charge in [-0.15, -0.1) is 0 Å². The molecule has 0 radical (unpaired) electrons. The first-order chi connectivity index (χ1) is 18.4. The summed E-state index contributed by atoms with van der Waals surface area (Å²) in [7, 11) is -3.60. The number of esters is 1. The van der Waals surface area contributed by atoms with Crippen molar-refractivity contribution in [2.75, 3.05) is 19.4 Å². The van der Waals surface area contributed by atoms with Crippen LogP contribution in [-0.2, 0) is 25.9 Å². The van der Waals surface area contributed by atoms with Crippen molar-refractivity contribution in [1.82, 2.24) is 4.90 Å². The lowest BCUT2D eigenvalue weighted by molar-refractivity contribution is -0.217. The molecular formula is C28H27F4NO5S. The first kappa shape index (κ1) is 28.6. The Kier molecular flexibility index (Phi) is 8.60. The quantitative estimate of drug-likeness (QED) is 0.261. The van der Waals surface area contributed by atoms with Crippen LogP contribution < -0.4 is 4.74 Å². The Hall–Kier alpha value is -3.44. The third-order valence-electron chi connectivity index (χ3n) is 6.44. The molecule has 1 aliphatic heterocycles. The zero-order chi connectivity index (χ0) is 28.2.